The fraction of sp³-hybridized carbons (Fsp3) is 0.786. The molecule has 0 aliphatic carbocycles. The number of rotatable bonds is 6. The molecule has 0 spiro atoms. The van der Waals surface area contributed by atoms with Crippen LogP contribution in [0.3, 0.4) is 0 Å². The van der Waals surface area contributed by atoms with E-state index in [0.29, 0.717) is 12.0 Å². The van der Waals surface area contributed by atoms with Gasteiger partial charge in [0, 0.05) is 24.9 Å². The largest absolute Gasteiger partial charge is 0.383 e. The Labute approximate surface area is 110 Å². The lowest BCUT2D eigenvalue weighted by Gasteiger charge is -2.27. The summed E-state index contributed by atoms with van der Waals surface area (Å²) in [7, 11) is 1.78. The van der Waals surface area contributed by atoms with Gasteiger partial charge in [0.05, 0.1) is 19.0 Å². The number of nitrogens with one attached hydrogen (secondary N) is 1. The third-order valence-corrected chi connectivity index (χ3v) is 3.83. The maximum atomic E-state index is 5.36. The Morgan fingerprint density at radius 2 is 2.28 bits per heavy atom. The maximum absolute atomic E-state index is 5.36. The minimum Gasteiger partial charge on any atom is -0.383 e. The summed E-state index contributed by atoms with van der Waals surface area (Å²) in [5.41, 5.74) is 1.40. The van der Waals surface area contributed by atoms with Crippen LogP contribution in [-0.4, -0.2) is 36.4 Å². The normalized spacial score (nSPS) is 19.0. The second kappa shape index (κ2) is 6.90. The van der Waals surface area contributed by atoms with E-state index in [2.05, 4.69) is 21.8 Å². The third kappa shape index (κ3) is 3.12. The summed E-state index contributed by atoms with van der Waals surface area (Å²) in [4.78, 5) is 4.37. The summed E-state index contributed by atoms with van der Waals surface area (Å²) in [6.45, 7) is 5.25. The van der Waals surface area contributed by atoms with Crippen LogP contribution in [0.15, 0.2) is 12.5 Å². The summed E-state index contributed by atoms with van der Waals surface area (Å²) >= 11 is 0. The molecule has 1 atom stereocenters. The molecule has 1 saturated heterocycles. The van der Waals surface area contributed by atoms with E-state index in [1.165, 1.54) is 25.0 Å². The molecule has 2 heterocycles. The first-order chi connectivity index (χ1) is 8.86. The first-order valence-corrected chi connectivity index (χ1v) is 7.08. The second-order valence-electron chi connectivity index (χ2n) is 5.15. The Bertz CT molecular complexity index is 339. The zero-order valence-electron chi connectivity index (χ0n) is 11.6. The van der Waals surface area contributed by atoms with Crippen molar-refractivity contribution in [2.24, 2.45) is 0 Å². The van der Waals surface area contributed by atoms with E-state index < -0.39 is 0 Å². The summed E-state index contributed by atoms with van der Waals surface area (Å²) in [5.74, 6) is 0.657. The van der Waals surface area contributed by atoms with Crippen molar-refractivity contribution >= 4 is 0 Å². The minimum atomic E-state index is 0.437. The lowest BCUT2D eigenvalue weighted by atomic mass is 9.94. The van der Waals surface area contributed by atoms with Crippen LogP contribution in [0.1, 0.15) is 50.3 Å². The number of imidazole rings is 1. The Kier molecular flexibility index (Phi) is 5.20. The van der Waals surface area contributed by atoms with Gasteiger partial charge in [-0.25, -0.2) is 4.98 Å². The Morgan fingerprint density at radius 1 is 1.50 bits per heavy atom. The monoisotopic (exact) mass is 251 g/mol. The molecule has 1 unspecified atom stereocenters. The molecule has 4 heteroatoms. The molecule has 0 amide bonds. The van der Waals surface area contributed by atoms with Crippen molar-refractivity contribution in [3.05, 3.63) is 18.2 Å². The van der Waals surface area contributed by atoms with Gasteiger partial charge in [0.25, 0.3) is 0 Å². The zero-order chi connectivity index (χ0) is 12.8. The number of methoxy groups -OCH3 is 1. The summed E-state index contributed by atoms with van der Waals surface area (Å²) < 4.78 is 7.71. The minimum absolute atomic E-state index is 0.437. The third-order valence-electron chi connectivity index (χ3n) is 3.83. The molecule has 1 aliphatic heterocycles. The lowest BCUT2D eigenvalue weighted by Crippen LogP contribution is -2.28. The van der Waals surface area contributed by atoms with E-state index in [9.17, 15) is 0 Å². The average molecular weight is 251 g/mol. The number of nitrogens with zero attached hydrogens (tertiary/aromatic N) is 2. The first kappa shape index (κ1) is 13.6. The quantitative estimate of drug-likeness (QED) is 0.843. The number of piperidine rings is 1. The van der Waals surface area contributed by atoms with Crippen molar-refractivity contribution in [2.45, 2.75) is 44.6 Å². The van der Waals surface area contributed by atoms with Gasteiger partial charge in [-0.05, 0) is 32.4 Å². The summed E-state index contributed by atoms with van der Waals surface area (Å²) in [6, 6.07) is 0.437. The molecular weight excluding hydrogens is 226 g/mol. The van der Waals surface area contributed by atoms with E-state index in [1.807, 2.05) is 12.5 Å². The molecule has 1 aliphatic rings. The second-order valence-corrected chi connectivity index (χ2v) is 5.15. The van der Waals surface area contributed by atoms with Gasteiger partial charge < -0.3 is 14.6 Å². The Morgan fingerprint density at radius 3 is 2.94 bits per heavy atom. The van der Waals surface area contributed by atoms with Crippen molar-refractivity contribution in [2.75, 3.05) is 26.8 Å². The predicted molar refractivity (Wildman–Crippen MR) is 72.9 cm³/mol. The fourth-order valence-corrected chi connectivity index (χ4v) is 2.88. The van der Waals surface area contributed by atoms with Crippen LogP contribution in [0.25, 0.3) is 0 Å². The van der Waals surface area contributed by atoms with Gasteiger partial charge in [0.1, 0.15) is 0 Å². The van der Waals surface area contributed by atoms with Crippen molar-refractivity contribution in [3.63, 3.8) is 0 Å². The van der Waals surface area contributed by atoms with Gasteiger partial charge in [-0.1, -0.05) is 13.3 Å². The van der Waals surface area contributed by atoms with Crippen molar-refractivity contribution in [3.8, 4) is 0 Å². The molecule has 0 radical (unpaired) electrons. The highest BCUT2D eigenvalue weighted by molar-refractivity contribution is 5.09. The maximum Gasteiger partial charge on any atom is 0.0951 e. The topological polar surface area (TPSA) is 39.1 Å². The molecule has 1 aromatic rings. The highest BCUT2D eigenvalue weighted by atomic mass is 16.5. The SMILES string of the molecule is CCCC(COC)n1cncc1C1CCNCC1. The molecule has 0 bridgehead atoms. The average Bonchev–Trinajstić information content (AvgIpc) is 2.88. The molecule has 1 N–H and O–H groups in total. The van der Waals surface area contributed by atoms with Gasteiger partial charge in [-0.2, -0.15) is 0 Å². The lowest BCUT2D eigenvalue weighted by molar-refractivity contribution is 0.148. The van der Waals surface area contributed by atoms with E-state index >= 15 is 0 Å². The molecule has 0 aromatic carbocycles. The molecule has 102 valence electrons. The van der Waals surface area contributed by atoms with Crippen LogP contribution < -0.4 is 5.32 Å². The first-order valence-electron chi connectivity index (χ1n) is 7.08. The zero-order valence-corrected chi connectivity index (χ0v) is 11.6. The van der Waals surface area contributed by atoms with E-state index in [4.69, 9.17) is 4.74 Å². The molecule has 2 rings (SSSR count). The fourth-order valence-electron chi connectivity index (χ4n) is 2.88. The summed E-state index contributed by atoms with van der Waals surface area (Å²) in [5, 5.41) is 3.42. The molecule has 0 saturated carbocycles. The summed E-state index contributed by atoms with van der Waals surface area (Å²) in [6.07, 6.45) is 8.81. The Hall–Kier alpha value is -0.870. The van der Waals surface area contributed by atoms with Crippen LogP contribution in [0, 0.1) is 0 Å². The molecule has 4 nitrogen and oxygen atoms in total. The van der Waals surface area contributed by atoms with E-state index in [-0.39, 0.29) is 0 Å². The van der Waals surface area contributed by atoms with Gasteiger partial charge in [-0.3, -0.25) is 0 Å². The molecule has 1 fully saturated rings. The van der Waals surface area contributed by atoms with Gasteiger partial charge in [-0.15, -0.1) is 0 Å². The Balaban J connectivity index is 2.13. The molecule has 18 heavy (non-hydrogen) atoms. The van der Waals surface area contributed by atoms with Crippen LogP contribution >= 0.6 is 0 Å². The number of aromatic nitrogens is 2. The van der Waals surface area contributed by atoms with Crippen molar-refractivity contribution in [1.29, 1.82) is 0 Å². The van der Waals surface area contributed by atoms with Gasteiger partial charge in [0.15, 0.2) is 0 Å². The molecule has 1 aromatic heterocycles. The van der Waals surface area contributed by atoms with Crippen molar-refractivity contribution in [1.82, 2.24) is 14.9 Å². The highest BCUT2D eigenvalue weighted by Crippen LogP contribution is 2.28. The van der Waals surface area contributed by atoms with Crippen LogP contribution in [0.4, 0.5) is 0 Å². The standard InChI is InChI=1S/C14H25N3O/c1-3-4-13(10-18-2)17-11-16-9-14(17)12-5-7-15-8-6-12/h9,11-13,15H,3-8,10H2,1-2H3. The smallest absolute Gasteiger partial charge is 0.0951 e. The van der Waals surface area contributed by atoms with Gasteiger partial charge in [0.2, 0.25) is 0 Å². The van der Waals surface area contributed by atoms with Crippen molar-refractivity contribution < 1.29 is 4.74 Å². The number of hydrogen-bond donors (Lipinski definition) is 1. The van der Waals surface area contributed by atoms with Gasteiger partial charge >= 0.3 is 0 Å². The highest BCUT2D eigenvalue weighted by Gasteiger charge is 2.21. The van der Waals surface area contributed by atoms with Crippen LogP contribution in [0.5, 0.6) is 0 Å². The van der Waals surface area contributed by atoms with E-state index in [0.717, 1.165) is 26.1 Å². The van der Waals surface area contributed by atoms with E-state index in [1.54, 1.807) is 7.11 Å². The number of ether oxygens (including phenoxy) is 1. The number of hydrogen-bond acceptors (Lipinski definition) is 3. The molecular formula is C14H25N3O. The van der Waals surface area contributed by atoms with Crippen LogP contribution in [0.2, 0.25) is 0 Å². The predicted octanol–water partition coefficient (Wildman–Crippen LogP) is 2.34. The van der Waals surface area contributed by atoms with Crippen LogP contribution in [-0.2, 0) is 4.74 Å².